The quantitative estimate of drug-likeness (QED) is 0.632. The minimum absolute atomic E-state index is 0.0116. The van der Waals surface area contributed by atoms with Crippen LogP contribution in [0.3, 0.4) is 0 Å². The zero-order valence-electron chi connectivity index (χ0n) is 15.5. The lowest BCUT2D eigenvalue weighted by Gasteiger charge is -2.19. The highest BCUT2D eigenvalue weighted by Gasteiger charge is 2.22. The van der Waals surface area contributed by atoms with Gasteiger partial charge in [0, 0.05) is 47.6 Å². The van der Waals surface area contributed by atoms with Gasteiger partial charge in [-0.25, -0.2) is 0 Å². The lowest BCUT2D eigenvalue weighted by molar-refractivity contribution is -0.121. The van der Waals surface area contributed by atoms with Crippen molar-refractivity contribution in [1.82, 2.24) is 9.88 Å². The molecule has 0 aliphatic heterocycles. The SMILES string of the molecule is CC[C@H](C)NC(=O)C[C@H](c1ccc(Cl)cc1)c1cn(C)c2ccccc12. The van der Waals surface area contributed by atoms with Crippen molar-refractivity contribution in [3.05, 3.63) is 70.9 Å². The molecule has 1 aromatic heterocycles. The summed E-state index contributed by atoms with van der Waals surface area (Å²) >= 11 is 6.07. The highest BCUT2D eigenvalue weighted by atomic mass is 35.5. The van der Waals surface area contributed by atoms with Gasteiger partial charge in [0.05, 0.1) is 0 Å². The first-order valence-electron chi connectivity index (χ1n) is 9.08. The van der Waals surface area contributed by atoms with E-state index in [1.807, 2.05) is 50.4 Å². The molecule has 0 saturated carbocycles. The Hall–Kier alpha value is -2.26. The largest absolute Gasteiger partial charge is 0.354 e. The molecule has 3 rings (SSSR count). The molecule has 1 N–H and O–H groups in total. The van der Waals surface area contributed by atoms with Gasteiger partial charge >= 0.3 is 0 Å². The second-order valence-electron chi connectivity index (χ2n) is 6.90. The van der Waals surface area contributed by atoms with E-state index < -0.39 is 0 Å². The average molecular weight is 369 g/mol. The number of para-hydroxylation sites is 1. The van der Waals surface area contributed by atoms with Crippen LogP contribution in [0.4, 0.5) is 0 Å². The van der Waals surface area contributed by atoms with Gasteiger partial charge in [0.25, 0.3) is 0 Å². The molecule has 2 aromatic carbocycles. The van der Waals surface area contributed by atoms with Crippen LogP contribution < -0.4 is 5.32 Å². The normalized spacial score (nSPS) is 13.5. The molecule has 0 saturated heterocycles. The zero-order chi connectivity index (χ0) is 18.7. The molecule has 1 heterocycles. The molecule has 0 unspecified atom stereocenters. The van der Waals surface area contributed by atoms with Crippen molar-refractivity contribution in [3.63, 3.8) is 0 Å². The van der Waals surface area contributed by atoms with Crippen molar-refractivity contribution in [2.45, 2.75) is 38.6 Å². The van der Waals surface area contributed by atoms with E-state index in [0.717, 1.165) is 12.0 Å². The number of amides is 1. The van der Waals surface area contributed by atoms with Gasteiger partial charge < -0.3 is 9.88 Å². The van der Waals surface area contributed by atoms with Gasteiger partial charge in [-0.3, -0.25) is 4.79 Å². The highest BCUT2D eigenvalue weighted by molar-refractivity contribution is 6.30. The molecule has 2 atom stereocenters. The molecular formula is C22H25ClN2O. The topological polar surface area (TPSA) is 34.0 Å². The van der Waals surface area contributed by atoms with Gasteiger partial charge in [-0.1, -0.05) is 48.9 Å². The summed E-state index contributed by atoms with van der Waals surface area (Å²) in [6.07, 6.45) is 3.48. The van der Waals surface area contributed by atoms with Crippen LogP contribution in [0.2, 0.25) is 5.02 Å². The minimum atomic E-state index is -0.0116. The minimum Gasteiger partial charge on any atom is -0.354 e. The number of nitrogens with zero attached hydrogens (tertiary/aromatic N) is 1. The Morgan fingerprint density at radius 3 is 2.54 bits per heavy atom. The number of nitrogens with one attached hydrogen (secondary N) is 1. The van der Waals surface area contributed by atoms with Gasteiger partial charge in [-0.2, -0.15) is 0 Å². The summed E-state index contributed by atoms with van der Waals surface area (Å²) in [5, 5.41) is 4.98. The van der Waals surface area contributed by atoms with E-state index >= 15 is 0 Å². The Morgan fingerprint density at radius 2 is 1.85 bits per heavy atom. The smallest absolute Gasteiger partial charge is 0.221 e. The number of aromatic nitrogens is 1. The summed E-state index contributed by atoms with van der Waals surface area (Å²) in [7, 11) is 2.05. The summed E-state index contributed by atoms with van der Waals surface area (Å²) in [5.74, 6) is 0.0645. The summed E-state index contributed by atoms with van der Waals surface area (Å²) in [5.41, 5.74) is 3.44. The molecule has 3 aromatic rings. The number of aryl methyl sites for hydroxylation is 1. The van der Waals surface area contributed by atoms with Crippen LogP contribution in [0, 0.1) is 0 Å². The lowest BCUT2D eigenvalue weighted by Crippen LogP contribution is -2.33. The molecule has 0 radical (unpaired) electrons. The first kappa shape index (κ1) is 18.5. The maximum Gasteiger partial charge on any atom is 0.221 e. The van der Waals surface area contributed by atoms with Crippen LogP contribution in [0.5, 0.6) is 0 Å². The van der Waals surface area contributed by atoms with E-state index in [4.69, 9.17) is 11.6 Å². The molecule has 3 nitrogen and oxygen atoms in total. The predicted molar refractivity (Wildman–Crippen MR) is 109 cm³/mol. The van der Waals surface area contributed by atoms with Crippen molar-refractivity contribution < 1.29 is 4.79 Å². The number of carbonyl (C=O) groups is 1. The third-order valence-electron chi connectivity index (χ3n) is 4.98. The zero-order valence-corrected chi connectivity index (χ0v) is 16.3. The monoisotopic (exact) mass is 368 g/mol. The molecule has 0 bridgehead atoms. The van der Waals surface area contributed by atoms with E-state index in [1.165, 1.54) is 16.5 Å². The van der Waals surface area contributed by atoms with Gasteiger partial charge in [-0.05, 0) is 42.7 Å². The molecule has 1 amide bonds. The van der Waals surface area contributed by atoms with Crippen molar-refractivity contribution >= 4 is 28.4 Å². The maximum atomic E-state index is 12.6. The Kier molecular flexibility index (Phi) is 5.67. The number of hydrogen-bond acceptors (Lipinski definition) is 1. The second kappa shape index (κ2) is 7.96. The predicted octanol–water partition coefficient (Wildman–Crippen LogP) is 5.27. The summed E-state index contributed by atoms with van der Waals surface area (Å²) in [6, 6.07) is 16.3. The van der Waals surface area contributed by atoms with Crippen LogP contribution in [-0.2, 0) is 11.8 Å². The first-order chi connectivity index (χ1) is 12.5. The summed E-state index contributed by atoms with van der Waals surface area (Å²) in [4.78, 5) is 12.6. The van der Waals surface area contributed by atoms with E-state index in [0.29, 0.717) is 11.4 Å². The highest BCUT2D eigenvalue weighted by Crippen LogP contribution is 2.34. The lowest BCUT2D eigenvalue weighted by atomic mass is 9.88. The standard InChI is InChI=1S/C22H25ClN2O/c1-4-15(2)24-22(26)13-19(16-9-11-17(23)12-10-16)20-14-25(3)21-8-6-5-7-18(20)21/h5-12,14-15,19H,4,13H2,1-3H3,(H,24,26)/t15-,19+/m0/s1. The maximum absolute atomic E-state index is 12.6. The fourth-order valence-corrected chi connectivity index (χ4v) is 3.50. The Bertz CT molecular complexity index is 898. The van der Waals surface area contributed by atoms with Crippen LogP contribution in [0.1, 0.15) is 43.7 Å². The van der Waals surface area contributed by atoms with Crippen molar-refractivity contribution in [3.8, 4) is 0 Å². The van der Waals surface area contributed by atoms with Crippen molar-refractivity contribution in [2.75, 3.05) is 0 Å². The molecule has 4 heteroatoms. The molecule has 0 aliphatic carbocycles. The fourth-order valence-electron chi connectivity index (χ4n) is 3.37. The fraction of sp³-hybridized carbons (Fsp3) is 0.318. The third kappa shape index (κ3) is 3.94. The molecule has 136 valence electrons. The Labute approximate surface area is 160 Å². The van der Waals surface area contributed by atoms with Crippen molar-refractivity contribution in [2.24, 2.45) is 7.05 Å². The molecule has 0 fully saturated rings. The number of carbonyl (C=O) groups excluding carboxylic acids is 1. The summed E-state index contributed by atoms with van der Waals surface area (Å²) < 4.78 is 2.13. The molecular weight excluding hydrogens is 344 g/mol. The Balaban J connectivity index is 2.02. The number of fused-ring (bicyclic) bond motifs is 1. The first-order valence-corrected chi connectivity index (χ1v) is 9.46. The number of rotatable bonds is 6. The number of hydrogen-bond donors (Lipinski definition) is 1. The van der Waals surface area contributed by atoms with Gasteiger partial charge in [0.2, 0.25) is 5.91 Å². The second-order valence-corrected chi connectivity index (χ2v) is 7.33. The number of halogens is 1. The third-order valence-corrected chi connectivity index (χ3v) is 5.24. The molecule has 0 aliphatic rings. The molecule has 0 spiro atoms. The van der Waals surface area contributed by atoms with Crippen molar-refractivity contribution in [1.29, 1.82) is 0 Å². The van der Waals surface area contributed by atoms with Crippen LogP contribution in [0.25, 0.3) is 10.9 Å². The van der Waals surface area contributed by atoms with E-state index in [2.05, 4.69) is 35.1 Å². The summed E-state index contributed by atoms with van der Waals surface area (Å²) in [6.45, 7) is 4.11. The van der Waals surface area contributed by atoms with Crippen LogP contribution in [0.15, 0.2) is 54.7 Å². The number of benzene rings is 2. The van der Waals surface area contributed by atoms with Gasteiger partial charge in [0.15, 0.2) is 0 Å². The van der Waals surface area contributed by atoms with E-state index in [9.17, 15) is 4.79 Å². The van der Waals surface area contributed by atoms with E-state index in [1.54, 1.807) is 0 Å². The van der Waals surface area contributed by atoms with Crippen LogP contribution >= 0.6 is 11.6 Å². The Morgan fingerprint density at radius 1 is 1.15 bits per heavy atom. The van der Waals surface area contributed by atoms with Gasteiger partial charge in [-0.15, -0.1) is 0 Å². The van der Waals surface area contributed by atoms with Crippen LogP contribution in [-0.4, -0.2) is 16.5 Å². The average Bonchev–Trinajstić information content (AvgIpc) is 2.97. The van der Waals surface area contributed by atoms with E-state index in [-0.39, 0.29) is 17.9 Å². The van der Waals surface area contributed by atoms with Gasteiger partial charge in [0.1, 0.15) is 0 Å². The molecule has 26 heavy (non-hydrogen) atoms.